The molecule has 0 aliphatic carbocycles. The molecule has 8 rings (SSSR count). The third kappa shape index (κ3) is 9.53. The topological polar surface area (TPSA) is 229 Å². The fourth-order valence-electron chi connectivity index (χ4n) is 7.57. The number of hydrogen-bond donors (Lipinski definition) is 2. The Morgan fingerprint density at radius 2 is 0.968 bits per heavy atom. The minimum Gasteiger partial charge on any atom is -0.369 e. The maximum absolute atomic E-state index is 13.1. The summed E-state index contributed by atoms with van der Waals surface area (Å²) in [5.74, 6) is 0.0913. The summed E-state index contributed by atoms with van der Waals surface area (Å²) >= 11 is 0. The smallest absolute Gasteiger partial charge is 0.269 e. The Kier molecular flexibility index (Phi) is 15.0. The van der Waals surface area contributed by atoms with Crippen molar-refractivity contribution < 1.29 is 47.5 Å². The van der Waals surface area contributed by atoms with Crippen molar-refractivity contribution >= 4 is 65.6 Å². The number of aromatic nitrogens is 6. The zero-order chi connectivity index (χ0) is 42.9. The van der Waals surface area contributed by atoms with Crippen LogP contribution in [-0.2, 0) is 50.7 Å². The number of rotatable bonds is 10. The molecule has 2 aromatic carbocycles. The number of carbonyl (C=O) groups excluding carboxylic acids is 2. The van der Waals surface area contributed by atoms with E-state index in [1.807, 2.05) is 48.0 Å². The molecule has 2 unspecified atom stereocenters. The van der Waals surface area contributed by atoms with Gasteiger partial charge in [-0.05, 0) is 75.9 Å². The van der Waals surface area contributed by atoms with Crippen molar-refractivity contribution in [3.05, 3.63) is 104 Å². The molecule has 6 heterocycles. The Morgan fingerprint density at radius 1 is 0.613 bits per heavy atom. The van der Waals surface area contributed by atoms with Gasteiger partial charge in [0.15, 0.2) is 22.9 Å². The number of piperidine rings is 2. The second-order valence-electron chi connectivity index (χ2n) is 15.1. The summed E-state index contributed by atoms with van der Waals surface area (Å²) in [6.45, 7) is 6.32. The largest absolute Gasteiger partial charge is 0.369 e. The number of hydrazine groups is 2. The first-order chi connectivity index (χ1) is 28.6. The van der Waals surface area contributed by atoms with E-state index in [2.05, 4.69) is 19.9 Å². The summed E-state index contributed by atoms with van der Waals surface area (Å²) < 4.78 is 54.9. The van der Waals surface area contributed by atoms with Crippen molar-refractivity contribution in [1.29, 1.82) is 0 Å². The monoisotopic (exact) mass is 1060 g/mol. The summed E-state index contributed by atoms with van der Waals surface area (Å²) in [4.78, 5) is 40.9. The summed E-state index contributed by atoms with van der Waals surface area (Å²) in [7, 11) is -3.90. The van der Waals surface area contributed by atoms with Gasteiger partial charge in [-0.2, -0.15) is 0 Å². The number of anilines is 2. The number of benzene rings is 2. The molecule has 4 N–H and O–H groups in total. The maximum Gasteiger partial charge on any atom is 0.269 e. The molecule has 62 heavy (non-hydrogen) atoms. The van der Waals surface area contributed by atoms with Crippen LogP contribution in [0.4, 0.5) is 11.6 Å². The zero-order valence-electron chi connectivity index (χ0n) is 35.2. The molecule has 18 nitrogen and oxygen atoms in total. The molecule has 2 saturated heterocycles. The van der Waals surface area contributed by atoms with Gasteiger partial charge in [0.05, 0.1) is 32.4 Å². The van der Waals surface area contributed by atoms with Crippen molar-refractivity contribution in [1.82, 2.24) is 37.9 Å². The van der Waals surface area contributed by atoms with Gasteiger partial charge in [-0.25, -0.2) is 54.7 Å². The van der Waals surface area contributed by atoms with Crippen molar-refractivity contribution in [3.63, 3.8) is 0 Å². The fourth-order valence-corrected chi connectivity index (χ4v) is 10.2. The quantitative estimate of drug-likeness (QED) is 0.187. The number of aryl methyl sites for hydroxylation is 2. The minimum atomic E-state index is -3.79. The Hall–Kier alpha value is -5.27. The van der Waals surface area contributed by atoms with Crippen LogP contribution in [0.2, 0.25) is 0 Å². The zero-order valence-corrected chi connectivity index (χ0v) is 39.8. The van der Waals surface area contributed by atoms with Gasteiger partial charge in [0.25, 0.3) is 20.0 Å². The van der Waals surface area contributed by atoms with E-state index < -0.39 is 20.0 Å². The SMILES string of the molecule is Cc1ccc(S(=O)(=O)n2ccc3c(N(C)N4CCCC(C(N)=O)C4)ncnc32)cc1.Cc1ccc(S(=O)(=O)n2ccc3c(N(C)N4CCCC(C(N)=O)C4)ncnc32)cc1.[CH3-].[W]. The summed E-state index contributed by atoms with van der Waals surface area (Å²) in [5.41, 5.74) is 13.6. The van der Waals surface area contributed by atoms with Gasteiger partial charge in [0, 0.05) is 73.7 Å². The number of amides is 2. The number of carbonyl (C=O) groups is 2. The molecular weight excluding hydrogens is 1000 g/mol. The average Bonchev–Trinajstić information content (AvgIpc) is 3.90. The predicted octanol–water partition coefficient (Wildman–Crippen LogP) is 3.50. The van der Waals surface area contributed by atoms with E-state index >= 15 is 0 Å². The van der Waals surface area contributed by atoms with Crippen LogP contribution in [0, 0.1) is 33.1 Å². The number of primary amides is 2. The fraction of sp³-hybridized carbons (Fsp3) is 0.341. The second kappa shape index (κ2) is 19.4. The van der Waals surface area contributed by atoms with Gasteiger partial charge in [-0.1, -0.05) is 35.4 Å². The molecular formula is C41H51N12O6S2W-. The molecule has 0 bridgehead atoms. The van der Waals surface area contributed by atoms with Gasteiger partial charge in [0.1, 0.15) is 12.7 Å². The molecule has 21 heteroatoms. The Balaban J connectivity index is 0.000000227. The molecule has 2 aliphatic rings. The first-order valence-electron chi connectivity index (χ1n) is 19.4. The minimum absolute atomic E-state index is 0. The second-order valence-corrected chi connectivity index (χ2v) is 18.7. The van der Waals surface area contributed by atoms with Crippen LogP contribution < -0.4 is 21.5 Å². The van der Waals surface area contributed by atoms with Gasteiger partial charge in [-0.3, -0.25) is 19.6 Å². The Bertz CT molecular complexity index is 2580. The Morgan fingerprint density at radius 3 is 1.31 bits per heavy atom. The molecule has 2 amide bonds. The third-order valence-electron chi connectivity index (χ3n) is 11.1. The molecule has 0 saturated carbocycles. The average molecular weight is 1060 g/mol. The third-order valence-corrected chi connectivity index (χ3v) is 14.4. The predicted molar refractivity (Wildman–Crippen MR) is 233 cm³/mol. The van der Waals surface area contributed by atoms with E-state index in [0.717, 1.165) is 49.9 Å². The van der Waals surface area contributed by atoms with E-state index in [-0.39, 0.29) is 61.9 Å². The standard InChI is InChI=1S/2C20H24N6O3S.CH3.W/c2*1-14-5-7-16(8-6-14)30(28,29)26-11-9-17-19(22-13-23-20(17)26)24(2)25-10-3-4-15(12-25)18(21)27;;/h2*5-9,11,13,15H,3-4,10,12H2,1-2H3,(H2,21,27);1H3;/q;;-1;. The van der Waals surface area contributed by atoms with Crippen LogP contribution in [0.25, 0.3) is 22.1 Å². The van der Waals surface area contributed by atoms with E-state index in [0.29, 0.717) is 46.8 Å². The number of nitrogens with zero attached hydrogens (tertiary/aromatic N) is 10. The van der Waals surface area contributed by atoms with Crippen molar-refractivity contribution in [2.24, 2.45) is 23.3 Å². The first-order valence-corrected chi connectivity index (χ1v) is 22.3. The summed E-state index contributed by atoms with van der Waals surface area (Å²) in [6.07, 6.45) is 8.91. The number of nitrogens with two attached hydrogens (primary N) is 2. The number of fused-ring (bicyclic) bond motifs is 2. The number of hydrogen-bond acceptors (Lipinski definition) is 14. The van der Waals surface area contributed by atoms with Crippen LogP contribution in [0.1, 0.15) is 36.8 Å². The molecule has 4 aromatic heterocycles. The molecule has 0 spiro atoms. The van der Waals surface area contributed by atoms with Crippen molar-refractivity contribution in [2.45, 2.75) is 49.3 Å². The van der Waals surface area contributed by atoms with E-state index in [1.165, 1.54) is 33.0 Å². The van der Waals surface area contributed by atoms with Gasteiger partial charge in [-0.15, -0.1) is 0 Å². The van der Waals surface area contributed by atoms with E-state index in [9.17, 15) is 26.4 Å². The van der Waals surface area contributed by atoms with Gasteiger partial charge in [0.2, 0.25) is 11.8 Å². The van der Waals surface area contributed by atoms with Crippen LogP contribution in [0.5, 0.6) is 0 Å². The maximum atomic E-state index is 13.1. The van der Waals surface area contributed by atoms with Crippen LogP contribution in [-0.4, -0.2) is 107 Å². The van der Waals surface area contributed by atoms with Crippen LogP contribution in [0.15, 0.2) is 95.5 Å². The molecule has 2 fully saturated rings. The van der Waals surface area contributed by atoms with Gasteiger partial charge >= 0.3 is 0 Å². The van der Waals surface area contributed by atoms with Crippen molar-refractivity contribution in [2.75, 3.05) is 50.3 Å². The van der Waals surface area contributed by atoms with E-state index in [1.54, 1.807) is 60.7 Å². The van der Waals surface area contributed by atoms with Crippen LogP contribution in [0.3, 0.4) is 0 Å². The molecule has 0 radical (unpaired) electrons. The molecule has 2 atom stereocenters. The normalized spacial score (nSPS) is 17.3. The van der Waals surface area contributed by atoms with Crippen molar-refractivity contribution in [3.8, 4) is 0 Å². The summed E-state index contributed by atoms with van der Waals surface area (Å²) in [6, 6.07) is 16.8. The van der Waals surface area contributed by atoms with E-state index in [4.69, 9.17) is 11.5 Å². The summed E-state index contributed by atoms with van der Waals surface area (Å²) in [5, 5.41) is 8.93. The van der Waals surface area contributed by atoms with Gasteiger partial charge < -0.3 is 18.9 Å². The molecule has 2 aliphatic heterocycles. The first kappa shape index (κ1) is 47.8. The molecule has 330 valence electrons. The Labute approximate surface area is 376 Å². The van der Waals surface area contributed by atoms with Crippen LogP contribution >= 0.6 is 0 Å². The molecule has 6 aromatic rings.